The number of sulfonamides is 1. The summed E-state index contributed by atoms with van der Waals surface area (Å²) in [5, 5.41) is 0. The summed E-state index contributed by atoms with van der Waals surface area (Å²) in [6.45, 7) is 3.24. The van der Waals surface area contributed by atoms with Crippen LogP contribution in [0.15, 0.2) is 53.4 Å². The van der Waals surface area contributed by atoms with Crippen LogP contribution < -0.4 is 9.47 Å². The molecule has 1 heterocycles. The first-order valence-electron chi connectivity index (χ1n) is 9.88. The number of halogens is 4. The fraction of sp³-hybridized carbons (Fsp3) is 0.381. The Labute approximate surface area is 188 Å². The molecule has 0 saturated carbocycles. The number of benzene rings is 2. The molecule has 2 aromatic carbocycles. The number of rotatable bonds is 6. The average molecular weight is 490 g/mol. The van der Waals surface area contributed by atoms with E-state index in [9.17, 15) is 30.8 Å². The number of amides is 1. The first kappa shape index (κ1) is 24.8. The molecule has 3 rings (SSSR count). The van der Waals surface area contributed by atoms with Crippen LogP contribution in [-0.2, 0) is 14.8 Å². The third-order valence-corrected chi connectivity index (χ3v) is 6.80. The summed E-state index contributed by atoms with van der Waals surface area (Å²) in [6.07, 6.45) is -4.82. The zero-order valence-electron chi connectivity index (χ0n) is 17.8. The zero-order chi connectivity index (χ0) is 24.4. The summed E-state index contributed by atoms with van der Waals surface area (Å²) in [6, 6.07) is 9.34. The second-order valence-electron chi connectivity index (χ2n) is 7.79. The molecule has 1 aliphatic heterocycles. The molecule has 7 nitrogen and oxygen atoms in total. The minimum atomic E-state index is -4.82. The van der Waals surface area contributed by atoms with Crippen molar-refractivity contribution >= 4 is 15.9 Å². The van der Waals surface area contributed by atoms with Crippen LogP contribution in [0.25, 0.3) is 0 Å². The maximum Gasteiger partial charge on any atom is 0.573 e. The van der Waals surface area contributed by atoms with Crippen LogP contribution in [0, 0.1) is 5.82 Å². The lowest BCUT2D eigenvalue weighted by Gasteiger charge is -2.38. The largest absolute Gasteiger partial charge is 0.573 e. The molecule has 180 valence electrons. The number of ether oxygens (including phenoxy) is 2. The van der Waals surface area contributed by atoms with E-state index in [1.54, 1.807) is 0 Å². The Hall–Kier alpha value is -2.86. The van der Waals surface area contributed by atoms with Crippen molar-refractivity contribution in [1.29, 1.82) is 0 Å². The molecule has 0 bridgehead atoms. The molecule has 1 fully saturated rings. The molecule has 1 aliphatic rings. The predicted octanol–water partition coefficient (Wildman–Crippen LogP) is 3.41. The lowest BCUT2D eigenvalue weighted by molar-refractivity contribution is -0.274. The number of alkyl halides is 3. The van der Waals surface area contributed by atoms with Gasteiger partial charge in [-0.1, -0.05) is 6.07 Å². The molecular formula is C21H22F4N2O5S. The standard InChI is InChI=1S/C21H22F4N2O5S/c1-20(2,31-16-6-8-17(9-7-16)32-21(23,24)25)19(28)26-10-12-27(13-11-26)33(29,30)18-5-3-4-15(22)14-18/h3-9,14H,10-13H2,1-2H3. The van der Waals surface area contributed by atoms with E-state index in [0.717, 1.165) is 24.3 Å². The van der Waals surface area contributed by atoms with Crippen LogP contribution in [0.5, 0.6) is 11.5 Å². The number of carbonyl (C=O) groups is 1. The Balaban J connectivity index is 1.61. The van der Waals surface area contributed by atoms with E-state index in [1.165, 1.54) is 47.3 Å². The summed E-state index contributed by atoms with van der Waals surface area (Å²) in [5.41, 5.74) is -1.37. The van der Waals surface area contributed by atoms with Gasteiger partial charge in [-0.25, -0.2) is 12.8 Å². The molecule has 0 N–H and O–H groups in total. The highest BCUT2D eigenvalue weighted by Gasteiger charge is 2.38. The molecule has 0 radical (unpaired) electrons. The molecule has 0 aromatic heterocycles. The number of piperazine rings is 1. The number of hydrogen-bond donors (Lipinski definition) is 0. The van der Waals surface area contributed by atoms with Crippen LogP contribution in [-0.4, -0.2) is 61.7 Å². The molecule has 33 heavy (non-hydrogen) atoms. The second-order valence-corrected chi connectivity index (χ2v) is 9.72. The van der Waals surface area contributed by atoms with Crippen LogP contribution in [0.2, 0.25) is 0 Å². The lowest BCUT2D eigenvalue weighted by atomic mass is 10.1. The maximum atomic E-state index is 13.4. The average Bonchev–Trinajstić information content (AvgIpc) is 2.73. The lowest BCUT2D eigenvalue weighted by Crippen LogP contribution is -2.56. The van der Waals surface area contributed by atoms with Gasteiger partial charge < -0.3 is 14.4 Å². The van der Waals surface area contributed by atoms with Crippen molar-refractivity contribution in [2.75, 3.05) is 26.2 Å². The molecule has 1 saturated heterocycles. The smallest absolute Gasteiger partial charge is 0.478 e. The normalized spacial score (nSPS) is 15.9. The van der Waals surface area contributed by atoms with Crippen LogP contribution in [0.3, 0.4) is 0 Å². The minimum absolute atomic E-state index is 0.0180. The molecule has 0 unspecified atom stereocenters. The number of hydrogen-bond acceptors (Lipinski definition) is 5. The van der Waals surface area contributed by atoms with E-state index in [2.05, 4.69) is 4.74 Å². The zero-order valence-corrected chi connectivity index (χ0v) is 18.6. The fourth-order valence-electron chi connectivity index (χ4n) is 3.34. The van der Waals surface area contributed by atoms with E-state index >= 15 is 0 Å². The SMILES string of the molecule is CC(C)(Oc1ccc(OC(F)(F)F)cc1)C(=O)N1CCN(S(=O)(=O)c2cccc(F)c2)CC1. The van der Waals surface area contributed by atoms with Crippen molar-refractivity contribution in [3.63, 3.8) is 0 Å². The van der Waals surface area contributed by atoms with Gasteiger partial charge in [-0.15, -0.1) is 13.2 Å². The quantitative estimate of drug-likeness (QED) is 0.581. The first-order chi connectivity index (χ1) is 15.3. The third-order valence-electron chi connectivity index (χ3n) is 4.91. The Bertz CT molecular complexity index is 1100. The summed E-state index contributed by atoms with van der Waals surface area (Å²) in [4.78, 5) is 14.2. The van der Waals surface area contributed by atoms with Gasteiger partial charge >= 0.3 is 6.36 Å². The van der Waals surface area contributed by atoms with Gasteiger partial charge in [0.05, 0.1) is 4.90 Å². The van der Waals surface area contributed by atoms with Gasteiger partial charge in [-0.3, -0.25) is 4.79 Å². The van der Waals surface area contributed by atoms with Gasteiger partial charge in [0.25, 0.3) is 5.91 Å². The van der Waals surface area contributed by atoms with Crippen molar-refractivity contribution in [3.8, 4) is 11.5 Å². The molecular weight excluding hydrogens is 468 g/mol. The molecule has 1 amide bonds. The Morgan fingerprint density at radius 1 is 0.909 bits per heavy atom. The van der Waals surface area contributed by atoms with Crippen molar-refractivity contribution in [2.24, 2.45) is 0 Å². The van der Waals surface area contributed by atoms with Gasteiger partial charge in [0.2, 0.25) is 10.0 Å². The second kappa shape index (κ2) is 9.18. The highest BCUT2D eigenvalue weighted by Crippen LogP contribution is 2.27. The molecule has 0 aliphatic carbocycles. The summed E-state index contributed by atoms with van der Waals surface area (Å²) >= 11 is 0. The molecule has 0 spiro atoms. The predicted molar refractivity (Wildman–Crippen MR) is 110 cm³/mol. The third kappa shape index (κ3) is 6.14. The molecule has 2 aromatic rings. The van der Waals surface area contributed by atoms with E-state index < -0.39 is 39.5 Å². The topological polar surface area (TPSA) is 76.2 Å². The Morgan fingerprint density at radius 3 is 1.97 bits per heavy atom. The van der Waals surface area contributed by atoms with E-state index in [0.29, 0.717) is 0 Å². The van der Waals surface area contributed by atoms with Crippen molar-refractivity contribution in [1.82, 2.24) is 9.21 Å². The Morgan fingerprint density at radius 2 is 1.45 bits per heavy atom. The summed E-state index contributed by atoms with van der Waals surface area (Å²) in [7, 11) is -3.90. The molecule has 12 heteroatoms. The van der Waals surface area contributed by atoms with Crippen LogP contribution in [0.4, 0.5) is 17.6 Å². The van der Waals surface area contributed by atoms with Gasteiger partial charge in [0.15, 0.2) is 5.60 Å². The summed E-state index contributed by atoms with van der Waals surface area (Å²) < 4.78 is 86.4. The van der Waals surface area contributed by atoms with Crippen LogP contribution in [0.1, 0.15) is 13.8 Å². The number of carbonyl (C=O) groups excluding carboxylic acids is 1. The maximum absolute atomic E-state index is 13.4. The highest BCUT2D eigenvalue weighted by molar-refractivity contribution is 7.89. The first-order valence-corrected chi connectivity index (χ1v) is 11.3. The van der Waals surface area contributed by atoms with E-state index in [4.69, 9.17) is 4.74 Å². The molecule has 0 atom stereocenters. The van der Waals surface area contributed by atoms with Gasteiger partial charge in [-0.05, 0) is 56.3 Å². The van der Waals surface area contributed by atoms with Gasteiger partial charge in [0, 0.05) is 26.2 Å². The number of nitrogens with zero attached hydrogens (tertiary/aromatic N) is 2. The van der Waals surface area contributed by atoms with E-state index in [1.807, 2.05) is 0 Å². The van der Waals surface area contributed by atoms with Crippen LogP contribution >= 0.6 is 0 Å². The van der Waals surface area contributed by atoms with Crippen molar-refractivity contribution in [2.45, 2.75) is 30.7 Å². The Kier molecular flexibility index (Phi) is 6.89. The minimum Gasteiger partial charge on any atom is -0.478 e. The van der Waals surface area contributed by atoms with Gasteiger partial charge in [-0.2, -0.15) is 4.31 Å². The summed E-state index contributed by atoms with van der Waals surface area (Å²) in [5.74, 6) is -1.34. The van der Waals surface area contributed by atoms with E-state index in [-0.39, 0.29) is 36.8 Å². The highest BCUT2D eigenvalue weighted by atomic mass is 32.2. The monoisotopic (exact) mass is 490 g/mol. The van der Waals surface area contributed by atoms with Crippen molar-refractivity contribution < 1.29 is 40.2 Å². The van der Waals surface area contributed by atoms with Gasteiger partial charge in [0.1, 0.15) is 17.3 Å². The fourth-order valence-corrected chi connectivity index (χ4v) is 4.79. The van der Waals surface area contributed by atoms with Crippen molar-refractivity contribution in [3.05, 3.63) is 54.3 Å².